The van der Waals surface area contributed by atoms with Gasteiger partial charge in [-0.15, -0.1) is 0 Å². The van der Waals surface area contributed by atoms with E-state index >= 15 is 0 Å². The molecule has 1 amide bonds. The fraction of sp³-hybridized carbons (Fsp3) is 0.200. The monoisotopic (exact) mass is 770 g/mol. The Morgan fingerprint density at radius 3 is 1.94 bits per heavy atom. The van der Waals surface area contributed by atoms with Crippen LogP contribution in [0.15, 0.2) is 75.8 Å². The van der Waals surface area contributed by atoms with Crippen LogP contribution in [-0.2, 0) is 14.8 Å². The molecular formula is C35H32Cl2N4O10S. The van der Waals surface area contributed by atoms with Gasteiger partial charge in [-0.05, 0) is 48.5 Å². The summed E-state index contributed by atoms with van der Waals surface area (Å²) in [4.78, 5) is 32.8. The van der Waals surface area contributed by atoms with Crippen molar-refractivity contribution >= 4 is 72.7 Å². The molecule has 6 aromatic rings. The van der Waals surface area contributed by atoms with Crippen molar-refractivity contribution in [2.75, 3.05) is 52.1 Å². The quantitative estimate of drug-likeness (QED) is 0.119. The molecule has 0 aliphatic heterocycles. The molecule has 0 spiro atoms. The van der Waals surface area contributed by atoms with Gasteiger partial charge in [0.1, 0.15) is 44.3 Å². The molecule has 17 heteroatoms. The highest BCUT2D eigenvalue weighted by molar-refractivity contribution is 7.92. The van der Waals surface area contributed by atoms with Gasteiger partial charge in [-0.3, -0.25) is 9.10 Å². The Bertz CT molecular complexity index is 2360. The summed E-state index contributed by atoms with van der Waals surface area (Å²) in [5.74, 6) is 0.577. The SMILES string of the molecule is CNC(=O)c1c(-c2ccc(Cl)nc2)oc2cc(N(CCO)S(C)(=O)=O)c(OC)cc12.COC(=O)c1c(-c2ccc(Cl)nc2)oc2ccc(OC)cc12. The number of ether oxygens (including phenoxy) is 3. The third-order valence-electron chi connectivity index (χ3n) is 7.68. The molecule has 0 aliphatic carbocycles. The van der Waals surface area contributed by atoms with E-state index in [0.29, 0.717) is 49.7 Å². The normalized spacial score (nSPS) is 11.2. The largest absolute Gasteiger partial charge is 0.497 e. The lowest BCUT2D eigenvalue weighted by Crippen LogP contribution is -2.32. The van der Waals surface area contributed by atoms with Gasteiger partial charge in [-0.2, -0.15) is 0 Å². The van der Waals surface area contributed by atoms with E-state index in [-0.39, 0.29) is 40.0 Å². The number of hydrogen-bond donors (Lipinski definition) is 2. The van der Waals surface area contributed by atoms with E-state index in [0.717, 1.165) is 10.6 Å². The number of anilines is 1. The number of amides is 1. The maximum atomic E-state index is 12.6. The van der Waals surface area contributed by atoms with Gasteiger partial charge in [0.25, 0.3) is 5.91 Å². The fourth-order valence-electron chi connectivity index (χ4n) is 5.31. The van der Waals surface area contributed by atoms with E-state index in [1.165, 1.54) is 39.6 Å². The van der Waals surface area contributed by atoms with Gasteiger partial charge in [0.2, 0.25) is 10.0 Å². The Hall–Kier alpha value is -5.35. The minimum Gasteiger partial charge on any atom is -0.497 e. The molecule has 0 radical (unpaired) electrons. The summed E-state index contributed by atoms with van der Waals surface area (Å²) in [7, 11) is 2.04. The molecule has 2 aromatic carbocycles. The molecule has 14 nitrogen and oxygen atoms in total. The van der Waals surface area contributed by atoms with Crippen molar-refractivity contribution in [1.29, 1.82) is 0 Å². The summed E-state index contributed by atoms with van der Waals surface area (Å²) in [6.45, 7) is -0.560. The Labute approximate surface area is 307 Å². The zero-order chi connectivity index (χ0) is 37.7. The third-order valence-corrected chi connectivity index (χ3v) is 9.31. The number of nitrogens with zero attached hydrogens (tertiary/aromatic N) is 3. The average molecular weight is 772 g/mol. The van der Waals surface area contributed by atoms with E-state index in [1.54, 1.807) is 55.8 Å². The number of carbonyl (C=O) groups excluding carboxylic acids is 2. The smallest absolute Gasteiger partial charge is 0.342 e. The summed E-state index contributed by atoms with van der Waals surface area (Å²) in [6, 6.07) is 14.8. The van der Waals surface area contributed by atoms with E-state index in [1.807, 2.05) is 0 Å². The first kappa shape index (κ1) is 37.9. The number of hydrogen-bond acceptors (Lipinski definition) is 12. The number of aliphatic hydroxyl groups is 1. The first-order chi connectivity index (χ1) is 24.8. The standard InChI is InChI=1S/C19H20ClN3O6S.C16H12ClNO4/c1-21-19(25)17-12-8-15(28-2)13(23(6-7-24)30(3,26)27)9-14(12)29-18(17)11-4-5-16(20)22-10-11;1-20-10-4-5-12-11(7-10)14(16(19)21-2)15(22-12)9-3-6-13(17)18-8-9/h4-5,8-10,24H,6-7H2,1-3H3,(H,21,25);3-8H,1-2H3. The summed E-state index contributed by atoms with van der Waals surface area (Å²) >= 11 is 11.7. The van der Waals surface area contributed by atoms with Gasteiger partial charge in [0.15, 0.2) is 5.76 Å². The molecular weight excluding hydrogens is 739 g/mol. The minimum atomic E-state index is -3.71. The van der Waals surface area contributed by atoms with E-state index < -0.39 is 28.5 Å². The summed E-state index contributed by atoms with van der Waals surface area (Å²) in [5.41, 5.74) is 2.74. The summed E-state index contributed by atoms with van der Waals surface area (Å²) in [5, 5.41) is 13.6. The topological polar surface area (TPSA) is 184 Å². The van der Waals surface area contributed by atoms with Crippen LogP contribution in [0, 0.1) is 0 Å². The summed E-state index contributed by atoms with van der Waals surface area (Å²) < 4.78 is 52.7. The number of aromatic nitrogens is 2. The predicted octanol–water partition coefficient (Wildman–Crippen LogP) is 6.22. The van der Waals surface area contributed by atoms with Gasteiger partial charge < -0.3 is 33.5 Å². The Kier molecular flexibility index (Phi) is 11.6. The molecule has 0 saturated carbocycles. The van der Waals surface area contributed by atoms with Crippen molar-refractivity contribution in [2.45, 2.75) is 0 Å². The van der Waals surface area contributed by atoms with Crippen LogP contribution in [0.25, 0.3) is 44.6 Å². The molecule has 0 fully saturated rings. The first-order valence-corrected chi connectivity index (χ1v) is 17.8. The van der Waals surface area contributed by atoms with Gasteiger partial charge >= 0.3 is 5.97 Å². The zero-order valence-corrected chi connectivity index (χ0v) is 30.7. The van der Waals surface area contributed by atoms with Crippen LogP contribution >= 0.6 is 23.2 Å². The molecule has 2 N–H and O–H groups in total. The van der Waals surface area contributed by atoms with Gasteiger partial charge in [-0.1, -0.05) is 23.2 Å². The van der Waals surface area contributed by atoms with Crippen LogP contribution in [0.1, 0.15) is 20.7 Å². The number of rotatable bonds is 10. The second-order valence-electron chi connectivity index (χ2n) is 10.9. The number of methoxy groups -OCH3 is 3. The average Bonchev–Trinajstić information content (AvgIpc) is 3.71. The number of furan rings is 2. The molecule has 4 aromatic heterocycles. The number of pyridine rings is 2. The summed E-state index contributed by atoms with van der Waals surface area (Å²) in [6.07, 6.45) is 4.04. The number of esters is 1. The maximum absolute atomic E-state index is 12.6. The number of halogens is 2. The molecule has 0 unspecified atom stereocenters. The van der Waals surface area contributed by atoms with Crippen LogP contribution in [0.4, 0.5) is 5.69 Å². The molecule has 0 saturated heterocycles. The van der Waals surface area contributed by atoms with Gasteiger partial charge in [0.05, 0.1) is 52.0 Å². The number of benzene rings is 2. The van der Waals surface area contributed by atoms with E-state index in [4.69, 9.17) is 46.2 Å². The molecule has 4 heterocycles. The van der Waals surface area contributed by atoms with Crippen LogP contribution in [0.2, 0.25) is 10.3 Å². The number of sulfonamides is 1. The molecule has 0 atom stereocenters. The number of nitrogens with one attached hydrogen (secondary N) is 1. The van der Waals surface area contributed by atoms with Gasteiger partial charge in [-0.25, -0.2) is 23.2 Å². The Morgan fingerprint density at radius 1 is 0.846 bits per heavy atom. The molecule has 272 valence electrons. The second kappa shape index (κ2) is 15.9. The first-order valence-electron chi connectivity index (χ1n) is 15.2. The minimum absolute atomic E-state index is 0.169. The Balaban J connectivity index is 0.000000210. The number of carbonyl (C=O) groups is 2. The van der Waals surface area contributed by atoms with Crippen LogP contribution in [-0.4, -0.2) is 83.2 Å². The van der Waals surface area contributed by atoms with Crippen molar-refractivity contribution in [3.8, 4) is 34.1 Å². The van der Waals surface area contributed by atoms with Crippen molar-refractivity contribution in [3.05, 3.63) is 88.4 Å². The lowest BCUT2D eigenvalue weighted by Gasteiger charge is -2.23. The second-order valence-corrected chi connectivity index (χ2v) is 13.5. The van der Waals surface area contributed by atoms with Crippen LogP contribution in [0.5, 0.6) is 11.5 Å². The predicted molar refractivity (Wildman–Crippen MR) is 196 cm³/mol. The number of fused-ring (bicyclic) bond motifs is 2. The number of aliphatic hydroxyl groups excluding tert-OH is 1. The van der Waals surface area contributed by atoms with E-state index in [9.17, 15) is 23.1 Å². The highest BCUT2D eigenvalue weighted by Crippen LogP contribution is 2.41. The molecule has 6 rings (SSSR count). The van der Waals surface area contributed by atoms with Crippen molar-refractivity contribution in [1.82, 2.24) is 15.3 Å². The van der Waals surface area contributed by atoms with Crippen LogP contribution < -0.4 is 19.1 Å². The Morgan fingerprint density at radius 2 is 1.44 bits per heavy atom. The fourth-order valence-corrected chi connectivity index (χ4v) is 6.45. The lowest BCUT2D eigenvalue weighted by molar-refractivity contribution is 0.0602. The molecule has 0 bridgehead atoms. The molecule has 52 heavy (non-hydrogen) atoms. The highest BCUT2D eigenvalue weighted by atomic mass is 35.5. The highest BCUT2D eigenvalue weighted by Gasteiger charge is 2.27. The van der Waals surface area contributed by atoms with Crippen LogP contribution in [0.3, 0.4) is 0 Å². The van der Waals surface area contributed by atoms with Crippen molar-refractivity contribution in [2.24, 2.45) is 0 Å². The lowest BCUT2D eigenvalue weighted by atomic mass is 10.1. The van der Waals surface area contributed by atoms with Crippen molar-refractivity contribution < 1.29 is 46.2 Å². The molecule has 0 aliphatic rings. The van der Waals surface area contributed by atoms with Gasteiger partial charge in [0, 0.05) is 47.4 Å². The van der Waals surface area contributed by atoms with E-state index in [2.05, 4.69) is 15.3 Å². The van der Waals surface area contributed by atoms with Crippen molar-refractivity contribution in [3.63, 3.8) is 0 Å². The zero-order valence-electron chi connectivity index (χ0n) is 28.4. The third kappa shape index (κ3) is 7.77. The maximum Gasteiger partial charge on any atom is 0.342 e.